The van der Waals surface area contributed by atoms with E-state index in [-0.39, 0.29) is 5.69 Å². The molecule has 0 saturated carbocycles. The summed E-state index contributed by atoms with van der Waals surface area (Å²) in [6, 6.07) is 9.71. The Balaban J connectivity index is 2.23. The number of carboxylic acids is 1. The van der Waals surface area contributed by atoms with Crippen LogP contribution in [0.3, 0.4) is 0 Å². The highest BCUT2D eigenvalue weighted by Gasteiger charge is 2.15. The number of aromatic nitrogens is 2. The van der Waals surface area contributed by atoms with Gasteiger partial charge in [-0.2, -0.15) is 0 Å². The summed E-state index contributed by atoms with van der Waals surface area (Å²) in [5, 5.41) is 8.81. The van der Waals surface area contributed by atoms with E-state index < -0.39 is 17.7 Å². The normalized spacial score (nSPS) is 10.2. The van der Waals surface area contributed by atoms with Crippen LogP contribution in [0.5, 0.6) is 0 Å². The largest absolute Gasteiger partial charge is 0.475 e. The minimum absolute atomic E-state index is 0.0340. The molecule has 0 fully saturated rings. The second kappa shape index (κ2) is 5.92. The molecule has 0 aliphatic carbocycles. The molecule has 1 heterocycles. The zero-order valence-corrected chi connectivity index (χ0v) is 10.6. The van der Waals surface area contributed by atoms with E-state index in [1.165, 1.54) is 6.20 Å². The van der Waals surface area contributed by atoms with Crippen molar-refractivity contribution in [3.8, 4) is 0 Å². The van der Waals surface area contributed by atoms with Crippen LogP contribution in [0.15, 0.2) is 36.5 Å². The summed E-state index contributed by atoms with van der Waals surface area (Å²) in [5.74, 6) is -2.47. The average molecular weight is 271 g/mol. The van der Waals surface area contributed by atoms with E-state index in [2.05, 4.69) is 9.97 Å². The highest BCUT2D eigenvalue weighted by atomic mass is 16.4. The number of hydrogen-bond acceptors (Lipinski definition) is 4. The van der Waals surface area contributed by atoms with Crippen LogP contribution in [-0.2, 0) is 12.8 Å². The van der Waals surface area contributed by atoms with Gasteiger partial charge in [0, 0.05) is 11.8 Å². The highest BCUT2D eigenvalue weighted by Crippen LogP contribution is 2.10. The maximum atomic E-state index is 11.3. The molecular weight excluding hydrogens is 258 g/mol. The van der Waals surface area contributed by atoms with Gasteiger partial charge < -0.3 is 10.8 Å². The third kappa shape index (κ3) is 3.17. The molecular formula is C14H13N3O3. The minimum atomic E-state index is -1.29. The van der Waals surface area contributed by atoms with Crippen LogP contribution in [0.1, 0.15) is 32.2 Å². The molecule has 102 valence electrons. The SMILES string of the molecule is NC(=O)c1nc(C(=O)O)ncc1CCc1ccccc1. The first-order valence-corrected chi connectivity index (χ1v) is 6.01. The fraction of sp³-hybridized carbons (Fsp3) is 0.143. The summed E-state index contributed by atoms with van der Waals surface area (Å²) >= 11 is 0. The predicted octanol–water partition coefficient (Wildman–Crippen LogP) is 1.06. The molecule has 0 bridgehead atoms. The lowest BCUT2D eigenvalue weighted by Crippen LogP contribution is -2.19. The number of carboxylic acid groups (broad SMARTS) is 1. The smallest absolute Gasteiger partial charge is 0.373 e. The van der Waals surface area contributed by atoms with Gasteiger partial charge in [-0.15, -0.1) is 0 Å². The molecule has 3 N–H and O–H groups in total. The van der Waals surface area contributed by atoms with Gasteiger partial charge in [0.2, 0.25) is 5.82 Å². The van der Waals surface area contributed by atoms with Crippen LogP contribution in [-0.4, -0.2) is 27.0 Å². The molecule has 0 aliphatic rings. The van der Waals surface area contributed by atoms with E-state index in [0.29, 0.717) is 18.4 Å². The molecule has 0 aliphatic heterocycles. The Labute approximate surface area is 115 Å². The maximum Gasteiger partial charge on any atom is 0.373 e. The summed E-state index contributed by atoms with van der Waals surface area (Å²) < 4.78 is 0. The molecule has 0 unspecified atom stereocenters. The second-order valence-corrected chi connectivity index (χ2v) is 4.22. The van der Waals surface area contributed by atoms with Gasteiger partial charge in [0.25, 0.3) is 5.91 Å². The summed E-state index contributed by atoms with van der Waals surface area (Å²) in [5.41, 5.74) is 6.85. The lowest BCUT2D eigenvalue weighted by molar-refractivity contribution is 0.0683. The quantitative estimate of drug-likeness (QED) is 0.845. The van der Waals surface area contributed by atoms with Crippen LogP contribution in [0.2, 0.25) is 0 Å². The zero-order valence-electron chi connectivity index (χ0n) is 10.6. The monoisotopic (exact) mass is 271 g/mol. The summed E-state index contributed by atoms with van der Waals surface area (Å²) in [4.78, 5) is 29.6. The van der Waals surface area contributed by atoms with E-state index >= 15 is 0 Å². The number of benzene rings is 1. The zero-order chi connectivity index (χ0) is 14.5. The van der Waals surface area contributed by atoms with Crippen LogP contribution in [0, 0.1) is 0 Å². The van der Waals surface area contributed by atoms with E-state index in [4.69, 9.17) is 10.8 Å². The average Bonchev–Trinajstić information content (AvgIpc) is 2.45. The number of nitrogens with two attached hydrogens (primary N) is 1. The van der Waals surface area contributed by atoms with Crippen molar-refractivity contribution in [2.45, 2.75) is 12.8 Å². The number of nitrogens with zero attached hydrogens (tertiary/aromatic N) is 2. The van der Waals surface area contributed by atoms with Gasteiger partial charge in [-0.25, -0.2) is 14.8 Å². The summed E-state index contributed by atoms with van der Waals surface area (Å²) in [6.45, 7) is 0. The molecule has 0 saturated heterocycles. The van der Waals surface area contributed by atoms with Crippen molar-refractivity contribution >= 4 is 11.9 Å². The second-order valence-electron chi connectivity index (χ2n) is 4.22. The first-order chi connectivity index (χ1) is 9.58. The molecule has 6 heteroatoms. The number of rotatable bonds is 5. The van der Waals surface area contributed by atoms with Gasteiger partial charge in [-0.05, 0) is 18.4 Å². The Hall–Kier alpha value is -2.76. The molecule has 0 radical (unpaired) electrons. The third-order valence-corrected chi connectivity index (χ3v) is 2.82. The van der Waals surface area contributed by atoms with Crippen molar-refractivity contribution in [2.75, 3.05) is 0 Å². The lowest BCUT2D eigenvalue weighted by Gasteiger charge is -2.06. The van der Waals surface area contributed by atoms with E-state index in [1.54, 1.807) is 0 Å². The Kier molecular flexibility index (Phi) is 4.05. The molecule has 1 aromatic carbocycles. The Bertz CT molecular complexity index is 641. The van der Waals surface area contributed by atoms with Crippen molar-refractivity contribution in [2.24, 2.45) is 5.73 Å². The van der Waals surface area contributed by atoms with E-state index in [1.807, 2.05) is 30.3 Å². The molecule has 6 nitrogen and oxygen atoms in total. The third-order valence-electron chi connectivity index (χ3n) is 2.82. The first kappa shape index (κ1) is 13.7. The van der Waals surface area contributed by atoms with Gasteiger partial charge in [-0.3, -0.25) is 4.79 Å². The number of aryl methyl sites for hydroxylation is 2. The van der Waals surface area contributed by atoms with Crippen molar-refractivity contribution in [3.63, 3.8) is 0 Å². The molecule has 0 spiro atoms. The fourth-order valence-corrected chi connectivity index (χ4v) is 1.83. The first-order valence-electron chi connectivity index (χ1n) is 6.01. The van der Waals surface area contributed by atoms with Crippen LogP contribution in [0.4, 0.5) is 0 Å². The Morgan fingerprint density at radius 3 is 2.45 bits per heavy atom. The number of primary amides is 1. The van der Waals surface area contributed by atoms with E-state index in [9.17, 15) is 9.59 Å². The van der Waals surface area contributed by atoms with Crippen LogP contribution < -0.4 is 5.73 Å². The van der Waals surface area contributed by atoms with Gasteiger partial charge in [-0.1, -0.05) is 30.3 Å². The summed E-state index contributed by atoms with van der Waals surface area (Å²) in [6.07, 6.45) is 2.55. The predicted molar refractivity (Wildman–Crippen MR) is 71.4 cm³/mol. The number of amides is 1. The maximum absolute atomic E-state index is 11.3. The fourth-order valence-electron chi connectivity index (χ4n) is 1.83. The molecule has 1 amide bonds. The van der Waals surface area contributed by atoms with Crippen molar-refractivity contribution in [1.82, 2.24) is 9.97 Å². The molecule has 2 aromatic rings. The molecule has 0 atom stereocenters. The Morgan fingerprint density at radius 1 is 1.15 bits per heavy atom. The molecule has 2 rings (SSSR count). The topological polar surface area (TPSA) is 106 Å². The minimum Gasteiger partial charge on any atom is -0.475 e. The van der Waals surface area contributed by atoms with Gasteiger partial charge in [0.1, 0.15) is 5.69 Å². The number of carbonyl (C=O) groups excluding carboxylic acids is 1. The van der Waals surface area contributed by atoms with E-state index in [0.717, 1.165) is 5.56 Å². The molecule has 1 aromatic heterocycles. The standard InChI is InChI=1S/C14H13N3O3/c15-12(18)11-10(8-16-13(17-11)14(19)20)7-6-9-4-2-1-3-5-9/h1-5,8H,6-7H2,(H2,15,18)(H,19,20). The van der Waals surface area contributed by atoms with Gasteiger partial charge in [0.05, 0.1) is 0 Å². The van der Waals surface area contributed by atoms with Crippen LogP contribution in [0.25, 0.3) is 0 Å². The van der Waals surface area contributed by atoms with Gasteiger partial charge in [0.15, 0.2) is 0 Å². The number of hydrogen-bond donors (Lipinski definition) is 2. The Morgan fingerprint density at radius 2 is 1.85 bits per heavy atom. The van der Waals surface area contributed by atoms with Crippen molar-refractivity contribution < 1.29 is 14.7 Å². The van der Waals surface area contributed by atoms with Crippen molar-refractivity contribution in [3.05, 3.63) is 59.2 Å². The van der Waals surface area contributed by atoms with Gasteiger partial charge >= 0.3 is 5.97 Å². The summed E-state index contributed by atoms with van der Waals surface area (Å²) in [7, 11) is 0. The molecule has 20 heavy (non-hydrogen) atoms. The number of carbonyl (C=O) groups is 2. The lowest BCUT2D eigenvalue weighted by atomic mass is 10.0. The highest BCUT2D eigenvalue weighted by molar-refractivity contribution is 5.93. The van der Waals surface area contributed by atoms with Crippen LogP contribution >= 0.6 is 0 Å². The number of aromatic carboxylic acids is 1. The van der Waals surface area contributed by atoms with Crippen molar-refractivity contribution in [1.29, 1.82) is 0 Å².